The molecule has 0 aliphatic carbocycles. The van der Waals surface area contributed by atoms with Gasteiger partial charge in [0.15, 0.2) is 5.78 Å². The number of hydrogen-bond acceptors (Lipinski definition) is 3. The third-order valence-electron chi connectivity index (χ3n) is 4.12. The molecule has 1 N–H and O–H groups in total. The molecule has 0 unspecified atom stereocenters. The molecule has 0 saturated heterocycles. The summed E-state index contributed by atoms with van der Waals surface area (Å²) in [6.07, 6.45) is -0.139. The standard InChI is InChI=1S/C17H23O4Si2/c1-9-10(2)14(12(18)7-8-13(19)20)15(17(4,5)6)16(11(9)3)23-21-22/h7-8H2,1-6H3,(H,19,20). The van der Waals surface area contributed by atoms with Gasteiger partial charge < -0.3 is 9.22 Å². The minimum atomic E-state index is -0.956. The Kier molecular flexibility index (Phi) is 6.50. The van der Waals surface area contributed by atoms with Crippen LogP contribution in [0.15, 0.2) is 0 Å². The number of hydrogen-bond donors (Lipinski definition) is 1. The molecule has 0 bridgehead atoms. The van der Waals surface area contributed by atoms with Gasteiger partial charge >= 0.3 is 5.97 Å². The van der Waals surface area contributed by atoms with Gasteiger partial charge in [0.1, 0.15) is 0 Å². The van der Waals surface area contributed by atoms with Crippen LogP contribution in [0, 0.1) is 20.8 Å². The van der Waals surface area contributed by atoms with Gasteiger partial charge in [-0.05, 0) is 53.6 Å². The number of rotatable bonds is 6. The molecule has 23 heavy (non-hydrogen) atoms. The van der Waals surface area contributed by atoms with Crippen LogP contribution in [0.3, 0.4) is 0 Å². The molecule has 1 aromatic carbocycles. The van der Waals surface area contributed by atoms with Crippen LogP contribution in [0.1, 0.15) is 66.2 Å². The second-order valence-electron chi connectivity index (χ2n) is 6.77. The second-order valence-corrected chi connectivity index (χ2v) is 8.29. The summed E-state index contributed by atoms with van der Waals surface area (Å²) in [5.41, 5.74) is 4.50. The highest BCUT2D eigenvalue weighted by Gasteiger charge is 2.29. The van der Waals surface area contributed by atoms with Crippen molar-refractivity contribution in [3.05, 3.63) is 27.8 Å². The Morgan fingerprint density at radius 2 is 1.65 bits per heavy atom. The number of carbonyl (C=O) groups is 2. The lowest BCUT2D eigenvalue weighted by atomic mass is 9.78. The average molecular weight is 348 g/mol. The summed E-state index contributed by atoms with van der Waals surface area (Å²) in [7, 11) is 3.16. The largest absolute Gasteiger partial charge is 0.481 e. The van der Waals surface area contributed by atoms with E-state index in [1.807, 2.05) is 20.8 Å². The van der Waals surface area contributed by atoms with E-state index in [0.29, 0.717) is 5.56 Å². The lowest BCUT2D eigenvalue weighted by Crippen LogP contribution is -2.35. The molecule has 4 nitrogen and oxygen atoms in total. The Morgan fingerprint density at radius 1 is 1.09 bits per heavy atom. The first-order chi connectivity index (χ1) is 10.5. The summed E-state index contributed by atoms with van der Waals surface area (Å²) in [6, 6.07) is 0. The number of carboxylic acids is 1. The molecule has 5 radical (unpaired) electrons. The maximum Gasteiger partial charge on any atom is 0.303 e. The lowest BCUT2D eigenvalue weighted by molar-refractivity contribution is -0.136. The molecule has 1 aromatic rings. The van der Waals surface area contributed by atoms with Crippen LogP contribution in [-0.4, -0.2) is 37.1 Å². The number of carbonyl (C=O) groups excluding carboxylic acids is 1. The van der Waals surface area contributed by atoms with E-state index in [1.54, 1.807) is 0 Å². The van der Waals surface area contributed by atoms with Gasteiger partial charge in [0.25, 0.3) is 9.76 Å². The first-order valence-corrected chi connectivity index (χ1v) is 8.81. The molecule has 123 valence electrons. The summed E-state index contributed by atoms with van der Waals surface area (Å²) in [6.45, 7) is 12.2. The van der Waals surface area contributed by atoms with Crippen molar-refractivity contribution in [2.75, 3.05) is 0 Å². The molecule has 0 spiro atoms. The van der Waals surface area contributed by atoms with E-state index in [0.717, 1.165) is 27.4 Å². The first-order valence-electron chi connectivity index (χ1n) is 7.50. The Labute approximate surface area is 144 Å². The van der Waals surface area contributed by atoms with E-state index in [9.17, 15) is 9.59 Å². The molecule has 0 saturated carbocycles. The van der Waals surface area contributed by atoms with Gasteiger partial charge in [0, 0.05) is 12.0 Å². The molecule has 1 rings (SSSR count). The smallest absolute Gasteiger partial charge is 0.303 e. The van der Waals surface area contributed by atoms with Crippen LogP contribution in [0.2, 0.25) is 0 Å². The Balaban J connectivity index is 3.65. The number of ketones is 1. The van der Waals surface area contributed by atoms with Crippen molar-refractivity contribution < 1.29 is 18.8 Å². The van der Waals surface area contributed by atoms with Gasteiger partial charge in [-0.15, -0.1) is 0 Å². The van der Waals surface area contributed by atoms with E-state index in [4.69, 9.17) is 9.22 Å². The van der Waals surface area contributed by atoms with E-state index in [-0.39, 0.29) is 33.8 Å². The van der Waals surface area contributed by atoms with Gasteiger partial charge in [-0.3, -0.25) is 9.59 Å². The summed E-state index contributed by atoms with van der Waals surface area (Å²) in [5, 5.41) is 9.89. The topological polar surface area (TPSA) is 63.6 Å². The minimum absolute atomic E-state index is 0.0129. The fourth-order valence-corrected chi connectivity index (χ4v) is 4.13. The van der Waals surface area contributed by atoms with Crippen LogP contribution in [0.25, 0.3) is 0 Å². The molecule has 6 heteroatoms. The SMILES string of the molecule is Cc1c(C)c([Si]O[Si])c(C(C)(C)C)c(C(=O)CCC(=O)O)c1C. The monoisotopic (exact) mass is 347 g/mol. The van der Waals surface area contributed by atoms with Gasteiger partial charge in [-0.25, -0.2) is 0 Å². The number of carboxylic acid groups (broad SMARTS) is 1. The molecule has 0 fully saturated rings. The average Bonchev–Trinajstić information content (AvgIpc) is 2.43. The van der Waals surface area contributed by atoms with Crippen LogP contribution in [-0.2, 0) is 14.3 Å². The molecule has 0 heterocycles. The molecule has 0 aromatic heterocycles. The predicted molar refractivity (Wildman–Crippen MR) is 92.8 cm³/mol. The van der Waals surface area contributed by atoms with Gasteiger partial charge in [0.05, 0.1) is 6.42 Å². The van der Waals surface area contributed by atoms with Crippen LogP contribution >= 0.6 is 0 Å². The zero-order chi connectivity index (χ0) is 17.9. The van der Waals surface area contributed by atoms with Crippen molar-refractivity contribution in [2.45, 2.75) is 59.8 Å². The van der Waals surface area contributed by atoms with Gasteiger partial charge in [-0.1, -0.05) is 20.8 Å². The third kappa shape index (κ3) is 4.39. The normalized spacial score (nSPS) is 11.6. The van der Waals surface area contributed by atoms with Crippen LogP contribution in [0.5, 0.6) is 0 Å². The van der Waals surface area contributed by atoms with E-state index < -0.39 is 5.97 Å². The number of aliphatic carboxylic acids is 1. The number of benzene rings is 1. The maximum absolute atomic E-state index is 12.7. The predicted octanol–water partition coefficient (Wildman–Crippen LogP) is 2.30. The minimum Gasteiger partial charge on any atom is -0.481 e. The Hall–Kier alpha value is -1.25. The molecular weight excluding hydrogens is 324 g/mol. The summed E-state index contributed by atoms with van der Waals surface area (Å²) in [5.74, 6) is -1.07. The van der Waals surface area contributed by atoms with Crippen molar-refractivity contribution in [2.24, 2.45) is 0 Å². The van der Waals surface area contributed by atoms with Crippen molar-refractivity contribution in [3.63, 3.8) is 0 Å². The Morgan fingerprint density at radius 3 is 2.09 bits per heavy atom. The van der Waals surface area contributed by atoms with Gasteiger partial charge in [-0.2, -0.15) is 0 Å². The fraction of sp³-hybridized carbons (Fsp3) is 0.529. The van der Waals surface area contributed by atoms with Crippen molar-refractivity contribution in [1.29, 1.82) is 0 Å². The highest BCUT2D eigenvalue weighted by molar-refractivity contribution is 6.52. The van der Waals surface area contributed by atoms with Crippen molar-refractivity contribution in [1.82, 2.24) is 0 Å². The zero-order valence-corrected chi connectivity index (χ0v) is 16.6. The van der Waals surface area contributed by atoms with Crippen LogP contribution < -0.4 is 5.19 Å². The Bertz CT molecular complexity index is 631. The molecule has 0 amide bonds. The summed E-state index contributed by atoms with van der Waals surface area (Å²) in [4.78, 5) is 23.6. The maximum atomic E-state index is 12.7. The van der Waals surface area contributed by atoms with Gasteiger partial charge in [0.2, 0.25) is 10.5 Å². The van der Waals surface area contributed by atoms with Crippen molar-refractivity contribution in [3.8, 4) is 0 Å². The van der Waals surface area contributed by atoms with E-state index >= 15 is 0 Å². The molecule has 0 aliphatic rings. The highest BCUT2D eigenvalue weighted by atomic mass is 28.3. The fourth-order valence-electron chi connectivity index (χ4n) is 2.78. The quantitative estimate of drug-likeness (QED) is 0.633. The summed E-state index contributed by atoms with van der Waals surface area (Å²) < 4.78 is 5.20. The molecule has 0 aliphatic heterocycles. The molecule has 0 atom stereocenters. The first kappa shape index (κ1) is 19.8. The lowest BCUT2D eigenvalue weighted by Gasteiger charge is -2.30. The zero-order valence-electron chi connectivity index (χ0n) is 14.6. The number of Topliss-reactive ketones (excluding diaryl/α,β-unsaturated/α-hetero) is 1. The second kappa shape index (κ2) is 7.55. The van der Waals surface area contributed by atoms with Crippen LogP contribution in [0.4, 0.5) is 0 Å². The van der Waals surface area contributed by atoms with E-state index in [2.05, 4.69) is 31.3 Å². The molecular formula is C17H23O4Si2. The third-order valence-corrected chi connectivity index (χ3v) is 5.36. The van der Waals surface area contributed by atoms with Crippen molar-refractivity contribution >= 4 is 37.2 Å². The van der Waals surface area contributed by atoms with E-state index in [1.165, 1.54) is 0 Å². The summed E-state index contributed by atoms with van der Waals surface area (Å²) >= 11 is 0. The highest BCUT2D eigenvalue weighted by Crippen LogP contribution is 2.31.